The summed E-state index contributed by atoms with van der Waals surface area (Å²) >= 11 is 0. The maximum Gasteiger partial charge on any atom is 0.339 e. The van der Waals surface area contributed by atoms with Gasteiger partial charge >= 0.3 is 17.9 Å². The van der Waals surface area contributed by atoms with E-state index in [2.05, 4.69) is 13.8 Å². The number of carboxylic acid groups (broad SMARTS) is 1. The Balaban J connectivity index is 2.62. The highest BCUT2D eigenvalue weighted by molar-refractivity contribution is 6.05. The number of rotatable bonds is 16. The van der Waals surface area contributed by atoms with Gasteiger partial charge in [0.15, 0.2) is 0 Å². The zero-order chi connectivity index (χ0) is 22.2. The van der Waals surface area contributed by atoms with Gasteiger partial charge in [0.05, 0.1) is 29.9 Å². The molecule has 0 saturated heterocycles. The number of benzene rings is 1. The van der Waals surface area contributed by atoms with Gasteiger partial charge in [0.2, 0.25) is 0 Å². The first-order chi connectivity index (χ1) is 14.5. The van der Waals surface area contributed by atoms with Crippen LogP contribution in [0.1, 0.15) is 116 Å². The first-order valence-corrected chi connectivity index (χ1v) is 11.2. The number of hydrogen-bond donors (Lipinski definition) is 1. The number of carbonyl (C=O) groups excluding carboxylic acids is 2. The summed E-state index contributed by atoms with van der Waals surface area (Å²) in [6.45, 7) is 4.79. The maximum absolute atomic E-state index is 12.5. The van der Waals surface area contributed by atoms with E-state index in [0.717, 1.165) is 44.9 Å². The molecule has 0 unspecified atom stereocenters. The molecule has 30 heavy (non-hydrogen) atoms. The molecule has 168 valence electrons. The van der Waals surface area contributed by atoms with E-state index in [1.54, 1.807) is 0 Å². The van der Waals surface area contributed by atoms with Crippen LogP contribution >= 0.6 is 0 Å². The first-order valence-electron chi connectivity index (χ1n) is 11.2. The van der Waals surface area contributed by atoms with Crippen LogP contribution in [0, 0.1) is 0 Å². The van der Waals surface area contributed by atoms with Crippen LogP contribution in [-0.2, 0) is 9.47 Å². The number of aromatic carboxylic acids is 1. The van der Waals surface area contributed by atoms with E-state index >= 15 is 0 Å². The van der Waals surface area contributed by atoms with Crippen molar-refractivity contribution in [2.24, 2.45) is 0 Å². The number of esters is 2. The summed E-state index contributed by atoms with van der Waals surface area (Å²) in [4.78, 5) is 36.2. The van der Waals surface area contributed by atoms with Crippen molar-refractivity contribution in [2.75, 3.05) is 13.2 Å². The Kier molecular flexibility index (Phi) is 13.2. The highest BCUT2D eigenvalue weighted by Gasteiger charge is 2.21. The third-order valence-electron chi connectivity index (χ3n) is 4.92. The lowest BCUT2D eigenvalue weighted by Crippen LogP contribution is -2.16. The van der Waals surface area contributed by atoms with Crippen molar-refractivity contribution >= 4 is 17.9 Å². The minimum atomic E-state index is -1.17. The summed E-state index contributed by atoms with van der Waals surface area (Å²) in [5.74, 6) is -2.50. The summed E-state index contributed by atoms with van der Waals surface area (Å²) in [6.07, 6.45) is 11.6. The number of unbranched alkanes of at least 4 members (excludes halogenated alkanes) is 9. The second kappa shape index (κ2) is 15.5. The third-order valence-corrected chi connectivity index (χ3v) is 4.92. The van der Waals surface area contributed by atoms with Crippen LogP contribution in [0.5, 0.6) is 0 Å². The average molecular weight is 421 g/mol. The van der Waals surface area contributed by atoms with Crippen LogP contribution < -0.4 is 0 Å². The zero-order valence-corrected chi connectivity index (χ0v) is 18.4. The van der Waals surface area contributed by atoms with Crippen molar-refractivity contribution in [2.45, 2.75) is 84.5 Å². The fourth-order valence-corrected chi connectivity index (χ4v) is 3.10. The quantitative estimate of drug-likeness (QED) is 0.259. The Hall–Kier alpha value is -2.37. The molecule has 1 aromatic carbocycles. The van der Waals surface area contributed by atoms with Gasteiger partial charge < -0.3 is 14.6 Å². The Morgan fingerprint density at radius 3 is 1.70 bits per heavy atom. The molecule has 6 nitrogen and oxygen atoms in total. The molecule has 0 aliphatic rings. The zero-order valence-electron chi connectivity index (χ0n) is 18.4. The molecule has 0 fully saturated rings. The van der Waals surface area contributed by atoms with Gasteiger partial charge in [-0.15, -0.1) is 0 Å². The molecule has 0 bridgehead atoms. The topological polar surface area (TPSA) is 89.9 Å². The molecule has 0 spiro atoms. The van der Waals surface area contributed by atoms with E-state index < -0.39 is 17.9 Å². The SMILES string of the molecule is CCCCCCCCCOC(=O)c1ccc(C(=O)O)cc1C(=O)OCCCCCC. The molecule has 0 saturated carbocycles. The molecule has 0 aliphatic heterocycles. The molecule has 1 aromatic rings. The largest absolute Gasteiger partial charge is 0.478 e. The van der Waals surface area contributed by atoms with E-state index in [4.69, 9.17) is 9.47 Å². The van der Waals surface area contributed by atoms with Gasteiger partial charge in [0, 0.05) is 0 Å². The Bertz CT molecular complexity index is 668. The number of carbonyl (C=O) groups is 3. The van der Waals surface area contributed by atoms with E-state index in [-0.39, 0.29) is 29.9 Å². The molecule has 1 rings (SSSR count). The van der Waals surface area contributed by atoms with Gasteiger partial charge in [-0.2, -0.15) is 0 Å². The monoisotopic (exact) mass is 420 g/mol. The van der Waals surface area contributed by atoms with Gasteiger partial charge in [0.1, 0.15) is 0 Å². The lowest BCUT2D eigenvalue weighted by atomic mass is 10.0. The van der Waals surface area contributed by atoms with Gasteiger partial charge in [-0.05, 0) is 31.0 Å². The van der Waals surface area contributed by atoms with Crippen molar-refractivity contribution in [1.82, 2.24) is 0 Å². The van der Waals surface area contributed by atoms with Crippen LogP contribution in [0.3, 0.4) is 0 Å². The average Bonchev–Trinajstić information content (AvgIpc) is 2.74. The first kappa shape index (κ1) is 25.7. The third kappa shape index (κ3) is 9.90. The van der Waals surface area contributed by atoms with Crippen LogP contribution in [-0.4, -0.2) is 36.2 Å². The Labute approximate surface area is 180 Å². The second-order valence-electron chi connectivity index (χ2n) is 7.52. The van der Waals surface area contributed by atoms with Crippen LogP contribution in [0.4, 0.5) is 0 Å². The smallest absolute Gasteiger partial charge is 0.339 e. The number of ether oxygens (including phenoxy) is 2. The van der Waals surface area contributed by atoms with Gasteiger partial charge in [-0.25, -0.2) is 14.4 Å². The molecule has 6 heteroatoms. The highest BCUT2D eigenvalue weighted by Crippen LogP contribution is 2.16. The summed E-state index contributed by atoms with van der Waals surface area (Å²) in [6, 6.07) is 3.80. The lowest BCUT2D eigenvalue weighted by Gasteiger charge is -2.11. The van der Waals surface area contributed by atoms with Gasteiger partial charge in [-0.1, -0.05) is 71.6 Å². The normalized spacial score (nSPS) is 10.6. The summed E-state index contributed by atoms with van der Waals surface area (Å²) in [5.41, 5.74) is -0.0898. The van der Waals surface area contributed by atoms with Crippen molar-refractivity contribution in [3.63, 3.8) is 0 Å². The maximum atomic E-state index is 12.5. The van der Waals surface area contributed by atoms with Crippen molar-refractivity contribution in [1.29, 1.82) is 0 Å². The second-order valence-corrected chi connectivity index (χ2v) is 7.52. The van der Waals surface area contributed by atoms with E-state index in [1.165, 1.54) is 43.9 Å². The van der Waals surface area contributed by atoms with E-state index in [1.807, 2.05) is 0 Å². The molecular formula is C24H36O6. The molecule has 1 N–H and O–H groups in total. The molecule has 0 aliphatic carbocycles. The molecule has 0 heterocycles. The molecule has 0 radical (unpaired) electrons. The predicted octanol–water partition coefficient (Wildman–Crippen LogP) is 6.03. The van der Waals surface area contributed by atoms with Crippen LogP contribution in [0.15, 0.2) is 18.2 Å². The fourth-order valence-electron chi connectivity index (χ4n) is 3.10. The summed E-state index contributed by atoms with van der Waals surface area (Å²) in [7, 11) is 0. The van der Waals surface area contributed by atoms with Gasteiger partial charge in [-0.3, -0.25) is 0 Å². The van der Waals surface area contributed by atoms with Crippen molar-refractivity contribution in [3.05, 3.63) is 34.9 Å². The predicted molar refractivity (Wildman–Crippen MR) is 116 cm³/mol. The van der Waals surface area contributed by atoms with Crippen molar-refractivity contribution < 1.29 is 29.0 Å². The summed E-state index contributed by atoms with van der Waals surface area (Å²) < 4.78 is 10.6. The van der Waals surface area contributed by atoms with E-state index in [0.29, 0.717) is 0 Å². The summed E-state index contributed by atoms with van der Waals surface area (Å²) in [5, 5.41) is 9.20. The van der Waals surface area contributed by atoms with Gasteiger partial charge in [0.25, 0.3) is 0 Å². The molecule has 0 amide bonds. The Morgan fingerprint density at radius 2 is 1.17 bits per heavy atom. The Morgan fingerprint density at radius 1 is 0.700 bits per heavy atom. The lowest BCUT2D eigenvalue weighted by molar-refractivity contribution is 0.0450. The fraction of sp³-hybridized carbons (Fsp3) is 0.625. The highest BCUT2D eigenvalue weighted by atomic mass is 16.5. The minimum absolute atomic E-state index is 0.0431. The number of hydrogen-bond acceptors (Lipinski definition) is 5. The number of carboxylic acids is 1. The standard InChI is InChI=1S/C24H36O6/c1-3-5-7-9-10-11-13-17-29-23(27)20-15-14-19(22(25)26)18-21(20)24(28)30-16-12-8-6-4-2/h14-15,18H,3-13,16-17H2,1-2H3,(H,25,26). The minimum Gasteiger partial charge on any atom is -0.478 e. The van der Waals surface area contributed by atoms with Crippen molar-refractivity contribution in [3.8, 4) is 0 Å². The molecule has 0 atom stereocenters. The van der Waals surface area contributed by atoms with Crippen LogP contribution in [0.25, 0.3) is 0 Å². The molecule has 0 aromatic heterocycles. The molecular weight excluding hydrogens is 384 g/mol. The van der Waals surface area contributed by atoms with E-state index in [9.17, 15) is 19.5 Å². The van der Waals surface area contributed by atoms with Crippen LogP contribution in [0.2, 0.25) is 0 Å².